The molecule has 53 heavy (non-hydrogen) atoms. The van der Waals surface area contributed by atoms with E-state index in [9.17, 15) is 36.6 Å². The summed E-state index contributed by atoms with van der Waals surface area (Å²) >= 11 is 0. The summed E-state index contributed by atoms with van der Waals surface area (Å²) in [5.74, 6) is -1.68. The van der Waals surface area contributed by atoms with Crippen molar-refractivity contribution in [3.05, 3.63) is 156 Å². The molecule has 0 saturated heterocycles. The number of imidazole rings is 1. The van der Waals surface area contributed by atoms with Crippen molar-refractivity contribution in [1.29, 1.82) is 0 Å². The number of aromatic nitrogens is 4. The Morgan fingerprint density at radius 3 is 1.47 bits per heavy atom. The summed E-state index contributed by atoms with van der Waals surface area (Å²) in [6.45, 7) is 1.83. The molecule has 0 unspecified atom stereocenters. The molecule has 0 radical (unpaired) electrons. The van der Waals surface area contributed by atoms with Crippen LogP contribution in [0.2, 0.25) is 0 Å². The van der Waals surface area contributed by atoms with E-state index in [-0.39, 0.29) is 45.6 Å². The summed E-state index contributed by atoms with van der Waals surface area (Å²) in [6.07, 6.45) is 2.99. The largest absolute Gasteiger partial charge is 0.478 e. The normalized spacial score (nSPS) is 11.3. The molecule has 2 heterocycles. The second-order valence-electron chi connectivity index (χ2n) is 11.8. The zero-order valence-electron chi connectivity index (χ0n) is 28.9. The Morgan fingerprint density at radius 2 is 1.09 bits per heavy atom. The van der Waals surface area contributed by atoms with Crippen LogP contribution in [0.1, 0.15) is 37.7 Å². The van der Waals surface area contributed by atoms with E-state index < -0.39 is 32.0 Å². The minimum absolute atomic E-state index is 0.0109. The molecule has 0 aliphatic heterocycles. The van der Waals surface area contributed by atoms with Crippen LogP contribution in [0.15, 0.2) is 138 Å². The Hall–Kier alpha value is -6.26. The summed E-state index contributed by atoms with van der Waals surface area (Å²) in [6, 6.07) is 31.3. The van der Waals surface area contributed by atoms with Crippen molar-refractivity contribution in [1.82, 2.24) is 19.3 Å². The van der Waals surface area contributed by atoms with Crippen LogP contribution >= 0.6 is 0 Å². The summed E-state index contributed by atoms with van der Waals surface area (Å²) in [5, 5.41) is 22.3. The van der Waals surface area contributed by atoms with E-state index in [1.807, 2.05) is 60.7 Å². The van der Waals surface area contributed by atoms with Crippen molar-refractivity contribution >= 4 is 43.4 Å². The van der Waals surface area contributed by atoms with Gasteiger partial charge in [0.25, 0.3) is 20.0 Å². The number of sulfonamides is 2. The number of hydrogen-bond acceptors (Lipinski definition) is 8. The molecule has 0 aliphatic carbocycles. The highest BCUT2D eigenvalue weighted by molar-refractivity contribution is 7.93. The number of benzene rings is 4. The molecule has 0 saturated carbocycles. The Bertz CT molecular complexity index is 2430. The zero-order chi connectivity index (χ0) is 38.3. The van der Waals surface area contributed by atoms with Gasteiger partial charge >= 0.3 is 11.9 Å². The molecular formula is C37H36N6O8S2. The number of anilines is 2. The number of aromatic carboxylic acids is 2. The maximum atomic E-state index is 13.3. The third kappa shape index (κ3) is 8.98. The average molecular weight is 757 g/mol. The molecule has 0 aliphatic rings. The number of aryl methyl sites for hydroxylation is 3. The third-order valence-electron chi connectivity index (χ3n) is 7.98. The van der Waals surface area contributed by atoms with E-state index in [4.69, 9.17) is 0 Å². The molecule has 0 fully saturated rings. The smallest absolute Gasteiger partial charge is 0.335 e. The maximum absolute atomic E-state index is 13.3. The van der Waals surface area contributed by atoms with Gasteiger partial charge in [0.15, 0.2) is 10.1 Å². The van der Waals surface area contributed by atoms with Gasteiger partial charge in [0.05, 0.1) is 35.6 Å². The van der Waals surface area contributed by atoms with E-state index in [2.05, 4.69) is 10.1 Å². The molecule has 0 spiro atoms. The molecule has 16 heteroatoms. The fourth-order valence-corrected chi connectivity index (χ4v) is 8.00. The molecule has 0 bridgehead atoms. The monoisotopic (exact) mass is 756 g/mol. The minimum Gasteiger partial charge on any atom is -0.478 e. The predicted molar refractivity (Wildman–Crippen MR) is 198 cm³/mol. The van der Waals surface area contributed by atoms with Crippen LogP contribution in [-0.2, 0) is 47.2 Å². The van der Waals surface area contributed by atoms with Crippen LogP contribution in [0.4, 0.5) is 11.4 Å². The zero-order valence-corrected chi connectivity index (χ0v) is 30.5. The molecule has 0 atom stereocenters. The first-order chi connectivity index (χ1) is 25.2. The lowest BCUT2D eigenvalue weighted by atomic mass is 10.2. The molecule has 4 aromatic carbocycles. The van der Waals surface area contributed by atoms with E-state index in [0.29, 0.717) is 5.82 Å². The first-order valence-electron chi connectivity index (χ1n) is 16.0. The van der Waals surface area contributed by atoms with Crippen LogP contribution in [0.3, 0.4) is 0 Å². The van der Waals surface area contributed by atoms with Gasteiger partial charge in [-0.2, -0.15) is 21.9 Å². The third-order valence-corrected chi connectivity index (χ3v) is 11.3. The first-order valence-corrected chi connectivity index (χ1v) is 18.8. The van der Waals surface area contributed by atoms with Crippen molar-refractivity contribution in [2.75, 3.05) is 8.61 Å². The predicted octanol–water partition coefficient (Wildman–Crippen LogP) is 5.34. The Balaban J connectivity index is 0.000000204. The molecule has 6 rings (SSSR count). The number of hydrogen-bond donors (Lipinski definition) is 2. The summed E-state index contributed by atoms with van der Waals surface area (Å²) in [7, 11) is -4.61. The SMILES string of the molecule is Cc1nc(S(=O)(=O)N(Cc2ccccc2)c2cccc(C(=O)O)c2)cn1C.Cn1ccc(S(=O)(=O)N(Cc2ccccc2)c2cccc(C(=O)O)c2)n1. The fourth-order valence-electron chi connectivity index (χ4n) is 5.12. The first kappa shape index (κ1) is 38.0. The van der Waals surface area contributed by atoms with Crippen LogP contribution < -0.4 is 8.61 Å². The maximum Gasteiger partial charge on any atom is 0.335 e. The van der Waals surface area contributed by atoms with Gasteiger partial charge in [0.2, 0.25) is 0 Å². The fraction of sp³-hybridized carbons (Fsp3) is 0.135. The average Bonchev–Trinajstić information content (AvgIpc) is 3.75. The topological polar surface area (TPSA) is 185 Å². The number of nitrogens with zero attached hydrogens (tertiary/aromatic N) is 6. The van der Waals surface area contributed by atoms with E-state index in [1.165, 1.54) is 57.6 Å². The van der Waals surface area contributed by atoms with E-state index in [1.54, 1.807) is 43.9 Å². The van der Waals surface area contributed by atoms with Crippen molar-refractivity contribution < 1.29 is 36.6 Å². The van der Waals surface area contributed by atoms with Crippen LogP contribution in [0.25, 0.3) is 0 Å². The standard InChI is InChI=1S/C19H19N3O4S.C18H17N3O4S/c1-14-20-18(13-21(14)2)27(25,26)22(12-15-7-4-3-5-8-15)17-10-6-9-16(11-17)19(23)24;1-20-11-10-17(19-20)26(24,25)21(13-14-6-3-2-4-7-14)16-9-5-8-15(12-16)18(22)23/h3-11,13H,12H2,1-2H3,(H,23,24);2-12H,13H2,1H3,(H,22,23). The van der Waals surface area contributed by atoms with E-state index in [0.717, 1.165) is 15.4 Å². The van der Waals surface area contributed by atoms with Crippen molar-refractivity contribution in [2.24, 2.45) is 14.1 Å². The lowest BCUT2D eigenvalue weighted by molar-refractivity contribution is 0.0686. The van der Waals surface area contributed by atoms with Gasteiger partial charge in [-0.15, -0.1) is 0 Å². The molecular weight excluding hydrogens is 721 g/mol. The molecule has 274 valence electrons. The van der Waals surface area contributed by atoms with Gasteiger partial charge < -0.3 is 14.8 Å². The lowest BCUT2D eigenvalue weighted by Gasteiger charge is -2.24. The Morgan fingerprint density at radius 1 is 0.642 bits per heavy atom. The number of rotatable bonds is 12. The molecule has 14 nitrogen and oxygen atoms in total. The highest BCUT2D eigenvalue weighted by Gasteiger charge is 2.30. The number of carboxylic acids is 2. The van der Waals surface area contributed by atoms with Gasteiger partial charge in [-0.1, -0.05) is 72.8 Å². The molecule has 2 aromatic heterocycles. The van der Waals surface area contributed by atoms with Gasteiger partial charge in [-0.25, -0.2) is 14.6 Å². The second kappa shape index (κ2) is 16.0. The highest BCUT2D eigenvalue weighted by Crippen LogP contribution is 2.28. The molecule has 2 N–H and O–H groups in total. The summed E-state index contributed by atoms with van der Waals surface area (Å²) in [5.41, 5.74) is 2.10. The van der Waals surface area contributed by atoms with Crippen LogP contribution in [-0.4, -0.2) is 58.3 Å². The van der Waals surface area contributed by atoms with Gasteiger partial charge in [0.1, 0.15) is 5.82 Å². The van der Waals surface area contributed by atoms with Gasteiger partial charge in [0, 0.05) is 26.5 Å². The number of carboxylic acid groups (broad SMARTS) is 2. The van der Waals surface area contributed by atoms with Crippen LogP contribution in [0, 0.1) is 6.92 Å². The quantitative estimate of drug-likeness (QED) is 0.165. The van der Waals surface area contributed by atoms with E-state index >= 15 is 0 Å². The highest BCUT2D eigenvalue weighted by atomic mass is 32.2. The molecule has 6 aromatic rings. The minimum atomic E-state index is -3.99. The molecule has 0 amide bonds. The Kier molecular flexibility index (Phi) is 11.4. The van der Waals surface area contributed by atoms with Gasteiger partial charge in [-0.05, 0) is 60.5 Å². The summed E-state index contributed by atoms with van der Waals surface area (Å²) in [4.78, 5) is 26.7. The Labute approximate surface area is 306 Å². The summed E-state index contributed by atoms with van der Waals surface area (Å²) < 4.78 is 58.2. The second-order valence-corrected chi connectivity index (χ2v) is 15.4. The van der Waals surface area contributed by atoms with Crippen molar-refractivity contribution in [2.45, 2.75) is 30.1 Å². The van der Waals surface area contributed by atoms with Crippen molar-refractivity contribution in [3.8, 4) is 0 Å². The van der Waals surface area contributed by atoms with Crippen LogP contribution in [0.5, 0.6) is 0 Å². The van der Waals surface area contributed by atoms with Crippen molar-refractivity contribution in [3.63, 3.8) is 0 Å². The lowest BCUT2D eigenvalue weighted by Crippen LogP contribution is -2.31. The number of carbonyl (C=O) groups is 2. The van der Waals surface area contributed by atoms with Gasteiger partial charge in [-0.3, -0.25) is 13.3 Å².